The van der Waals surface area contributed by atoms with Crippen LogP contribution in [0.3, 0.4) is 0 Å². The second-order valence-corrected chi connectivity index (χ2v) is 6.38. The van der Waals surface area contributed by atoms with Gasteiger partial charge in [-0.2, -0.15) is 0 Å². The summed E-state index contributed by atoms with van der Waals surface area (Å²) in [4.78, 5) is 4.09. The number of imidazole rings is 1. The number of rotatable bonds is 9. The van der Waals surface area contributed by atoms with E-state index >= 15 is 0 Å². The number of nitrogens with one attached hydrogen (secondary N) is 1. The van der Waals surface area contributed by atoms with Crippen molar-refractivity contribution < 1.29 is 4.74 Å². The molecule has 0 saturated heterocycles. The van der Waals surface area contributed by atoms with Crippen LogP contribution in [0.1, 0.15) is 18.1 Å². The van der Waals surface area contributed by atoms with Crippen molar-refractivity contribution in [2.45, 2.75) is 26.6 Å². The van der Waals surface area contributed by atoms with Gasteiger partial charge in [-0.3, -0.25) is 0 Å². The van der Waals surface area contributed by atoms with E-state index in [0.29, 0.717) is 12.5 Å². The Balaban J connectivity index is 1.49. The van der Waals surface area contributed by atoms with E-state index in [2.05, 4.69) is 46.1 Å². The van der Waals surface area contributed by atoms with E-state index in [1.165, 1.54) is 11.1 Å². The molecule has 4 nitrogen and oxygen atoms in total. The lowest BCUT2D eigenvalue weighted by Gasteiger charge is -2.15. The van der Waals surface area contributed by atoms with Gasteiger partial charge in [-0.05, 0) is 24.1 Å². The summed E-state index contributed by atoms with van der Waals surface area (Å²) in [5.74, 6) is 1.48. The van der Waals surface area contributed by atoms with Gasteiger partial charge in [0.1, 0.15) is 12.4 Å². The summed E-state index contributed by atoms with van der Waals surface area (Å²) in [6, 6.07) is 18.5. The van der Waals surface area contributed by atoms with Crippen LogP contribution in [0.5, 0.6) is 5.75 Å². The van der Waals surface area contributed by atoms with Crippen LogP contribution in [-0.4, -0.2) is 16.1 Å². The lowest BCUT2D eigenvalue weighted by molar-refractivity contribution is 0.301. The number of hydrogen-bond donors (Lipinski definition) is 1. The van der Waals surface area contributed by atoms with Gasteiger partial charge in [0.15, 0.2) is 0 Å². The van der Waals surface area contributed by atoms with Gasteiger partial charge in [-0.25, -0.2) is 4.98 Å². The van der Waals surface area contributed by atoms with Gasteiger partial charge >= 0.3 is 0 Å². The van der Waals surface area contributed by atoms with Crippen LogP contribution in [0.25, 0.3) is 0 Å². The van der Waals surface area contributed by atoms with E-state index < -0.39 is 0 Å². The van der Waals surface area contributed by atoms with E-state index in [4.69, 9.17) is 4.74 Å². The van der Waals surface area contributed by atoms with Gasteiger partial charge in [0.25, 0.3) is 0 Å². The molecule has 1 unspecified atom stereocenters. The maximum absolute atomic E-state index is 6.01. The fourth-order valence-electron chi connectivity index (χ4n) is 2.80. The second-order valence-electron chi connectivity index (χ2n) is 6.38. The molecule has 1 aromatic heterocycles. The number of nitrogens with zero attached hydrogens (tertiary/aromatic N) is 2. The van der Waals surface area contributed by atoms with E-state index in [-0.39, 0.29) is 0 Å². The van der Waals surface area contributed by atoms with Crippen LogP contribution in [0, 0.1) is 5.92 Å². The fraction of sp³-hybridized carbons (Fsp3) is 0.286. The molecule has 0 bridgehead atoms. The Labute approximate surface area is 149 Å². The molecule has 0 spiro atoms. The quantitative estimate of drug-likeness (QED) is 0.645. The minimum absolute atomic E-state index is 0.534. The first-order valence-corrected chi connectivity index (χ1v) is 8.72. The molecule has 25 heavy (non-hydrogen) atoms. The fourth-order valence-corrected chi connectivity index (χ4v) is 2.80. The van der Waals surface area contributed by atoms with Gasteiger partial charge in [-0.15, -0.1) is 0 Å². The van der Waals surface area contributed by atoms with Crippen LogP contribution in [0.15, 0.2) is 73.3 Å². The molecule has 1 heterocycles. The number of ether oxygens (including phenoxy) is 1. The van der Waals surface area contributed by atoms with Gasteiger partial charge in [0, 0.05) is 31.0 Å². The number of para-hydroxylation sites is 1. The molecule has 0 saturated carbocycles. The molecule has 1 N–H and O–H groups in total. The molecule has 0 amide bonds. The highest BCUT2D eigenvalue weighted by molar-refractivity contribution is 5.33. The lowest BCUT2D eigenvalue weighted by Crippen LogP contribution is -2.23. The van der Waals surface area contributed by atoms with Crippen LogP contribution in [-0.2, 0) is 19.7 Å². The van der Waals surface area contributed by atoms with Crippen LogP contribution in [0.2, 0.25) is 0 Å². The first kappa shape index (κ1) is 17.2. The molecule has 1 atom stereocenters. The van der Waals surface area contributed by atoms with E-state index in [1.807, 2.05) is 49.1 Å². The van der Waals surface area contributed by atoms with Crippen LogP contribution >= 0.6 is 0 Å². The van der Waals surface area contributed by atoms with E-state index in [1.54, 1.807) is 0 Å². The van der Waals surface area contributed by atoms with Crippen molar-refractivity contribution in [2.24, 2.45) is 5.92 Å². The normalized spacial score (nSPS) is 12.0. The number of benzene rings is 2. The Kier molecular flexibility index (Phi) is 6.23. The first-order chi connectivity index (χ1) is 12.3. The van der Waals surface area contributed by atoms with Crippen molar-refractivity contribution in [1.29, 1.82) is 0 Å². The third-order valence-electron chi connectivity index (χ3n) is 4.10. The second kappa shape index (κ2) is 9.04. The molecule has 0 aliphatic rings. The molecular weight excluding hydrogens is 310 g/mol. The van der Waals surface area contributed by atoms with Crippen molar-refractivity contribution in [3.05, 3.63) is 84.4 Å². The first-order valence-electron chi connectivity index (χ1n) is 8.72. The molecule has 3 aromatic rings. The maximum atomic E-state index is 6.01. The SMILES string of the molecule is CC(CNCc1ccccc1OCc1ccccc1)Cn1ccnc1. The largest absolute Gasteiger partial charge is 0.489 e. The molecule has 0 aliphatic carbocycles. The zero-order valence-electron chi connectivity index (χ0n) is 14.6. The average Bonchev–Trinajstić information content (AvgIpc) is 3.15. The molecule has 0 radical (unpaired) electrons. The minimum Gasteiger partial charge on any atom is -0.489 e. The summed E-state index contributed by atoms with van der Waals surface area (Å²) in [5, 5.41) is 3.54. The summed E-state index contributed by atoms with van der Waals surface area (Å²) < 4.78 is 8.13. The summed E-state index contributed by atoms with van der Waals surface area (Å²) in [6.07, 6.45) is 5.69. The van der Waals surface area contributed by atoms with E-state index in [0.717, 1.165) is 25.4 Å². The third-order valence-corrected chi connectivity index (χ3v) is 4.10. The van der Waals surface area contributed by atoms with Gasteiger partial charge in [0.2, 0.25) is 0 Å². The third kappa shape index (κ3) is 5.47. The zero-order chi connectivity index (χ0) is 17.3. The van der Waals surface area contributed by atoms with E-state index in [9.17, 15) is 0 Å². The molecule has 3 rings (SSSR count). The summed E-state index contributed by atoms with van der Waals surface area (Å²) in [5.41, 5.74) is 2.37. The highest BCUT2D eigenvalue weighted by Crippen LogP contribution is 2.19. The smallest absolute Gasteiger partial charge is 0.124 e. The van der Waals surface area contributed by atoms with Gasteiger partial charge < -0.3 is 14.6 Å². The van der Waals surface area contributed by atoms with Crippen molar-refractivity contribution in [3.63, 3.8) is 0 Å². The minimum atomic E-state index is 0.534. The van der Waals surface area contributed by atoms with Crippen molar-refractivity contribution in [2.75, 3.05) is 6.54 Å². The Bertz CT molecular complexity index is 741. The maximum Gasteiger partial charge on any atom is 0.124 e. The van der Waals surface area contributed by atoms with Crippen molar-refractivity contribution in [1.82, 2.24) is 14.9 Å². The summed E-state index contributed by atoms with van der Waals surface area (Å²) in [6.45, 7) is 5.56. The Hall–Kier alpha value is -2.59. The standard InChI is InChI=1S/C21H25N3O/c1-18(15-24-12-11-22-17-24)13-23-14-20-9-5-6-10-21(20)25-16-19-7-3-2-4-8-19/h2-12,17-18,23H,13-16H2,1H3. The Morgan fingerprint density at radius 1 is 1.08 bits per heavy atom. The average molecular weight is 335 g/mol. The predicted octanol–water partition coefficient (Wildman–Crippen LogP) is 3.89. The molecule has 0 aliphatic heterocycles. The van der Waals surface area contributed by atoms with Crippen molar-refractivity contribution in [3.8, 4) is 5.75 Å². The molecular formula is C21H25N3O. The van der Waals surface area contributed by atoms with Crippen molar-refractivity contribution >= 4 is 0 Å². The van der Waals surface area contributed by atoms with Crippen LogP contribution < -0.4 is 10.1 Å². The van der Waals surface area contributed by atoms with Gasteiger partial charge in [0.05, 0.1) is 6.33 Å². The highest BCUT2D eigenvalue weighted by atomic mass is 16.5. The predicted molar refractivity (Wildman–Crippen MR) is 100 cm³/mol. The Morgan fingerprint density at radius 2 is 1.88 bits per heavy atom. The number of hydrogen-bond acceptors (Lipinski definition) is 3. The summed E-state index contributed by atoms with van der Waals surface area (Å²) in [7, 11) is 0. The molecule has 4 heteroatoms. The van der Waals surface area contributed by atoms with Crippen LogP contribution in [0.4, 0.5) is 0 Å². The molecule has 0 fully saturated rings. The highest BCUT2D eigenvalue weighted by Gasteiger charge is 2.06. The molecule has 130 valence electrons. The zero-order valence-corrected chi connectivity index (χ0v) is 14.6. The summed E-state index contributed by atoms with van der Waals surface area (Å²) >= 11 is 0. The molecule has 2 aromatic carbocycles. The lowest BCUT2D eigenvalue weighted by atomic mass is 10.1. The topological polar surface area (TPSA) is 39.1 Å². The number of aromatic nitrogens is 2. The monoisotopic (exact) mass is 335 g/mol. The van der Waals surface area contributed by atoms with Gasteiger partial charge in [-0.1, -0.05) is 55.5 Å². The Morgan fingerprint density at radius 3 is 2.68 bits per heavy atom.